The molecule has 0 unspecified atom stereocenters. The van der Waals surface area contributed by atoms with Crippen molar-refractivity contribution in [2.45, 2.75) is 20.3 Å². The standard InChI is InChI=1S/C29H25ClF2N6O3/c1-14-16(17-9-6-10-18(24(17)30)21-13-33-15(2)27(36-21)41-5)8-7-11-19(14)34-26-23-22(12-20(35-26)25(31)32)37(3)29(40)38(4)28(23)39/h6-13,25H,1-5H3,(H,34,35). The first-order valence-electron chi connectivity index (χ1n) is 12.5. The summed E-state index contributed by atoms with van der Waals surface area (Å²) in [6.07, 6.45) is -1.30. The molecule has 3 aromatic heterocycles. The fraction of sp³-hybridized carbons (Fsp3) is 0.207. The molecule has 0 fully saturated rings. The minimum atomic E-state index is -2.92. The SMILES string of the molecule is COc1nc(-c2cccc(-c3cccc(Nc4nc(C(F)F)cc5c4c(=O)n(C)c(=O)n5C)c3C)c2Cl)cnc1C. The molecule has 9 nitrogen and oxygen atoms in total. The molecule has 41 heavy (non-hydrogen) atoms. The van der Waals surface area contributed by atoms with Crippen molar-refractivity contribution in [3.8, 4) is 28.3 Å². The highest BCUT2D eigenvalue weighted by molar-refractivity contribution is 6.36. The summed E-state index contributed by atoms with van der Waals surface area (Å²) in [7, 11) is 4.26. The molecule has 0 aliphatic carbocycles. The van der Waals surface area contributed by atoms with Gasteiger partial charge in [0, 0.05) is 30.9 Å². The summed E-state index contributed by atoms with van der Waals surface area (Å²) >= 11 is 6.90. The van der Waals surface area contributed by atoms with Crippen LogP contribution < -0.4 is 21.3 Å². The van der Waals surface area contributed by atoms with Gasteiger partial charge in [-0.2, -0.15) is 0 Å². The maximum atomic E-state index is 13.8. The number of ether oxygens (including phenoxy) is 1. The van der Waals surface area contributed by atoms with Crippen LogP contribution in [0.1, 0.15) is 23.4 Å². The third kappa shape index (κ3) is 4.82. The highest BCUT2D eigenvalue weighted by atomic mass is 35.5. The minimum Gasteiger partial charge on any atom is -0.480 e. The number of fused-ring (bicyclic) bond motifs is 1. The Morgan fingerprint density at radius 2 is 1.66 bits per heavy atom. The second-order valence-corrected chi connectivity index (χ2v) is 9.79. The number of methoxy groups -OCH3 is 1. The van der Waals surface area contributed by atoms with Crippen LogP contribution in [-0.4, -0.2) is 31.2 Å². The average molecular weight is 579 g/mol. The zero-order chi connectivity index (χ0) is 29.6. The third-order valence-electron chi connectivity index (χ3n) is 6.95. The summed E-state index contributed by atoms with van der Waals surface area (Å²) in [6, 6.07) is 12.0. The molecule has 210 valence electrons. The molecular formula is C29H25ClF2N6O3. The molecule has 2 aromatic carbocycles. The van der Waals surface area contributed by atoms with E-state index >= 15 is 0 Å². The Morgan fingerprint density at radius 3 is 2.37 bits per heavy atom. The predicted octanol–water partition coefficient (Wildman–Crippen LogP) is 5.72. The fourth-order valence-corrected chi connectivity index (χ4v) is 5.02. The Labute approximate surface area is 238 Å². The first-order chi connectivity index (χ1) is 19.5. The number of alkyl halides is 2. The van der Waals surface area contributed by atoms with Crippen LogP contribution in [-0.2, 0) is 14.1 Å². The van der Waals surface area contributed by atoms with E-state index in [2.05, 4.69) is 20.3 Å². The van der Waals surface area contributed by atoms with E-state index in [1.165, 1.54) is 21.2 Å². The highest BCUT2D eigenvalue weighted by Gasteiger charge is 2.21. The Bertz CT molecular complexity index is 1960. The van der Waals surface area contributed by atoms with Crippen molar-refractivity contribution in [1.82, 2.24) is 24.1 Å². The molecule has 12 heteroatoms. The molecule has 0 saturated heterocycles. The van der Waals surface area contributed by atoms with E-state index in [1.807, 2.05) is 31.2 Å². The number of pyridine rings is 1. The Kier molecular flexibility index (Phi) is 7.31. The Hall–Kier alpha value is -4.64. The van der Waals surface area contributed by atoms with E-state index in [4.69, 9.17) is 16.3 Å². The summed E-state index contributed by atoms with van der Waals surface area (Å²) in [5, 5.41) is 3.51. The van der Waals surface area contributed by atoms with Crippen molar-refractivity contribution >= 4 is 34.0 Å². The second-order valence-electron chi connectivity index (χ2n) is 9.42. The number of nitrogens with one attached hydrogen (secondary N) is 1. The molecule has 0 saturated carbocycles. The molecule has 0 atom stereocenters. The lowest BCUT2D eigenvalue weighted by Crippen LogP contribution is -2.37. The van der Waals surface area contributed by atoms with E-state index in [-0.39, 0.29) is 16.7 Å². The number of hydrogen-bond acceptors (Lipinski definition) is 7. The van der Waals surface area contributed by atoms with Gasteiger partial charge in [-0.1, -0.05) is 41.9 Å². The molecule has 5 aromatic rings. The van der Waals surface area contributed by atoms with Gasteiger partial charge in [0.05, 0.1) is 35.2 Å². The predicted molar refractivity (Wildman–Crippen MR) is 154 cm³/mol. The summed E-state index contributed by atoms with van der Waals surface area (Å²) in [4.78, 5) is 38.5. The average Bonchev–Trinajstić information content (AvgIpc) is 2.96. The number of halogens is 3. The maximum absolute atomic E-state index is 13.8. The zero-order valence-corrected chi connectivity index (χ0v) is 23.5. The van der Waals surface area contributed by atoms with Crippen LogP contribution in [0.3, 0.4) is 0 Å². The molecule has 0 aliphatic rings. The highest BCUT2D eigenvalue weighted by Crippen LogP contribution is 2.39. The van der Waals surface area contributed by atoms with Crippen molar-refractivity contribution in [1.29, 1.82) is 0 Å². The van der Waals surface area contributed by atoms with Gasteiger partial charge in [0.15, 0.2) is 0 Å². The monoisotopic (exact) mass is 578 g/mol. The molecule has 0 radical (unpaired) electrons. The Morgan fingerprint density at radius 1 is 0.976 bits per heavy atom. The quantitative estimate of drug-likeness (QED) is 0.275. The lowest BCUT2D eigenvalue weighted by atomic mass is 9.96. The van der Waals surface area contributed by atoms with E-state index in [1.54, 1.807) is 25.3 Å². The third-order valence-corrected chi connectivity index (χ3v) is 7.36. The lowest BCUT2D eigenvalue weighted by molar-refractivity contribution is 0.146. The van der Waals surface area contributed by atoms with Gasteiger partial charge < -0.3 is 10.1 Å². The van der Waals surface area contributed by atoms with Crippen LogP contribution >= 0.6 is 11.6 Å². The molecular weight excluding hydrogens is 554 g/mol. The first kappa shape index (κ1) is 27.9. The number of benzene rings is 2. The second kappa shape index (κ2) is 10.7. The van der Waals surface area contributed by atoms with E-state index in [0.29, 0.717) is 39.1 Å². The van der Waals surface area contributed by atoms with Gasteiger partial charge in [0.2, 0.25) is 5.88 Å². The minimum absolute atomic E-state index is 0.00993. The number of aryl methyl sites for hydroxylation is 2. The Balaban J connectivity index is 1.66. The van der Waals surface area contributed by atoms with Crippen LogP contribution in [0.4, 0.5) is 20.3 Å². The number of nitrogens with zero attached hydrogens (tertiary/aromatic N) is 5. The van der Waals surface area contributed by atoms with Crippen molar-refractivity contribution in [3.63, 3.8) is 0 Å². The van der Waals surface area contributed by atoms with Crippen LogP contribution in [0.15, 0.2) is 58.3 Å². The normalized spacial score (nSPS) is 11.3. The van der Waals surface area contributed by atoms with E-state index in [9.17, 15) is 18.4 Å². The van der Waals surface area contributed by atoms with E-state index < -0.39 is 23.4 Å². The molecule has 0 aliphatic heterocycles. The molecule has 5 rings (SSSR count). The van der Waals surface area contributed by atoms with Gasteiger partial charge >= 0.3 is 5.69 Å². The molecule has 0 spiro atoms. The smallest absolute Gasteiger partial charge is 0.330 e. The molecule has 3 heterocycles. The number of rotatable bonds is 6. The van der Waals surface area contributed by atoms with E-state index in [0.717, 1.165) is 26.3 Å². The molecule has 0 amide bonds. The molecule has 1 N–H and O–H groups in total. The molecule has 0 bridgehead atoms. The summed E-state index contributed by atoms with van der Waals surface area (Å²) in [6.45, 7) is 3.63. The van der Waals surface area contributed by atoms with Gasteiger partial charge in [0.1, 0.15) is 16.9 Å². The lowest BCUT2D eigenvalue weighted by Gasteiger charge is -2.18. The van der Waals surface area contributed by atoms with Crippen molar-refractivity contribution < 1.29 is 13.5 Å². The largest absolute Gasteiger partial charge is 0.480 e. The zero-order valence-electron chi connectivity index (χ0n) is 22.8. The van der Waals surface area contributed by atoms with Gasteiger partial charge in [-0.3, -0.25) is 18.9 Å². The summed E-state index contributed by atoms with van der Waals surface area (Å²) in [5.41, 5.74) is 2.70. The number of hydrogen-bond donors (Lipinski definition) is 1. The van der Waals surface area contributed by atoms with Crippen LogP contribution in [0.2, 0.25) is 5.02 Å². The van der Waals surface area contributed by atoms with Crippen molar-refractivity contribution in [3.05, 3.63) is 91.5 Å². The van der Waals surface area contributed by atoms with Gasteiger partial charge in [-0.25, -0.2) is 23.5 Å². The first-order valence-corrected chi connectivity index (χ1v) is 12.8. The van der Waals surface area contributed by atoms with Crippen molar-refractivity contribution in [2.24, 2.45) is 14.1 Å². The van der Waals surface area contributed by atoms with Crippen LogP contribution in [0.5, 0.6) is 5.88 Å². The van der Waals surface area contributed by atoms with Crippen LogP contribution in [0.25, 0.3) is 33.3 Å². The van der Waals surface area contributed by atoms with Gasteiger partial charge in [0.25, 0.3) is 12.0 Å². The topological polar surface area (TPSA) is 104 Å². The summed E-state index contributed by atoms with van der Waals surface area (Å²) in [5.74, 6) is 0.303. The number of anilines is 2. The van der Waals surface area contributed by atoms with Gasteiger partial charge in [-0.15, -0.1) is 0 Å². The van der Waals surface area contributed by atoms with Gasteiger partial charge in [-0.05, 0) is 37.1 Å². The van der Waals surface area contributed by atoms with Crippen molar-refractivity contribution in [2.75, 3.05) is 12.4 Å². The summed E-state index contributed by atoms with van der Waals surface area (Å²) < 4.78 is 35.0. The maximum Gasteiger partial charge on any atom is 0.330 e. The van der Waals surface area contributed by atoms with Crippen LogP contribution in [0, 0.1) is 13.8 Å². The fourth-order valence-electron chi connectivity index (χ4n) is 4.69. The number of aromatic nitrogens is 5.